The van der Waals surface area contributed by atoms with Crippen molar-refractivity contribution in [3.05, 3.63) is 53.1 Å². The number of ether oxygens (including phenoxy) is 4. The fourth-order valence-electron chi connectivity index (χ4n) is 3.39. The van der Waals surface area contributed by atoms with Crippen LogP contribution in [0.15, 0.2) is 36.4 Å². The van der Waals surface area contributed by atoms with Gasteiger partial charge in [-0.2, -0.15) is 0 Å². The van der Waals surface area contributed by atoms with Crippen LogP contribution in [-0.2, 0) is 0 Å². The quantitative estimate of drug-likeness (QED) is 0.820. The minimum atomic E-state index is -0.0655. The lowest BCUT2D eigenvalue weighted by Crippen LogP contribution is -2.07. The molecule has 0 saturated heterocycles. The first-order valence-corrected chi connectivity index (χ1v) is 8.12. The van der Waals surface area contributed by atoms with E-state index in [1.807, 2.05) is 37.3 Å². The molecule has 4 heteroatoms. The van der Waals surface area contributed by atoms with Crippen LogP contribution in [-0.4, -0.2) is 13.9 Å². The first kappa shape index (κ1) is 14.9. The van der Waals surface area contributed by atoms with Gasteiger partial charge in [0.15, 0.2) is 23.0 Å². The Kier molecular flexibility index (Phi) is 3.60. The molecule has 2 atom stereocenters. The third-order valence-corrected chi connectivity index (χ3v) is 4.60. The van der Waals surface area contributed by atoms with Gasteiger partial charge in [-0.3, -0.25) is 0 Å². The largest absolute Gasteiger partial charge is 0.493 e. The molecule has 2 heterocycles. The second kappa shape index (κ2) is 5.78. The summed E-state index contributed by atoms with van der Waals surface area (Å²) >= 11 is 0. The van der Waals surface area contributed by atoms with Gasteiger partial charge in [0.2, 0.25) is 6.79 Å². The van der Waals surface area contributed by atoms with E-state index in [9.17, 15) is 0 Å². The minimum absolute atomic E-state index is 0.0655. The molecule has 0 aromatic heterocycles. The molecule has 0 saturated carbocycles. The normalized spacial score (nSPS) is 21.0. The second-order valence-electron chi connectivity index (χ2n) is 6.08. The molecule has 0 aliphatic carbocycles. The number of hydrogen-bond donors (Lipinski definition) is 0. The zero-order valence-electron chi connectivity index (χ0n) is 14.0. The van der Waals surface area contributed by atoms with E-state index in [2.05, 4.69) is 19.1 Å². The van der Waals surface area contributed by atoms with Gasteiger partial charge in [-0.25, -0.2) is 0 Å². The van der Waals surface area contributed by atoms with Crippen LogP contribution in [0.3, 0.4) is 0 Å². The Labute approximate surface area is 141 Å². The Balaban J connectivity index is 1.73. The van der Waals surface area contributed by atoms with Crippen molar-refractivity contribution in [2.45, 2.75) is 25.9 Å². The summed E-state index contributed by atoms with van der Waals surface area (Å²) in [6.07, 6.45) is 4.03. The van der Waals surface area contributed by atoms with E-state index in [1.165, 1.54) is 5.56 Å². The van der Waals surface area contributed by atoms with Crippen molar-refractivity contribution >= 4 is 6.08 Å². The van der Waals surface area contributed by atoms with Crippen molar-refractivity contribution in [1.82, 2.24) is 0 Å². The molecule has 2 aromatic carbocycles. The Morgan fingerprint density at radius 1 is 1.12 bits per heavy atom. The summed E-state index contributed by atoms with van der Waals surface area (Å²) in [7, 11) is 1.68. The monoisotopic (exact) mass is 324 g/mol. The van der Waals surface area contributed by atoms with E-state index in [1.54, 1.807) is 7.11 Å². The molecular weight excluding hydrogens is 304 g/mol. The lowest BCUT2D eigenvalue weighted by molar-refractivity contribution is 0.173. The van der Waals surface area contributed by atoms with Crippen LogP contribution in [0.4, 0.5) is 0 Å². The highest BCUT2D eigenvalue weighted by Gasteiger charge is 2.35. The predicted molar refractivity (Wildman–Crippen MR) is 92.1 cm³/mol. The summed E-state index contributed by atoms with van der Waals surface area (Å²) in [6.45, 7) is 4.47. The molecule has 0 fully saturated rings. The maximum Gasteiger partial charge on any atom is 0.231 e. The first-order valence-electron chi connectivity index (χ1n) is 8.12. The van der Waals surface area contributed by atoms with Gasteiger partial charge in [-0.05, 0) is 42.3 Å². The van der Waals surface area contributed by atoms with E-state index >= 15 is 0 Å². The van der Waals surface area contributed by atoms with Gasteiger partial charge in [-0.1, -0.05) is 25.1 Å². The van der Waals surface area contributed by atoms with E-state index < -0.39 is 0 Å². The van der Waals surface area contributed by atoms with Gasteiger partial charge < -0.3 is 18.9 Å². The van der Waals surface area contributed by atoms with E-state index in [-0.39, 0.29) is 18.8 Å². The summed E-state index contributed by atoms with van der Waals surface area (Å²) in [6, 6.07) is 10.2. The van der Waals surface area contributed by atoms with Crippen molar-refractivity contribution in [3.8, 4) is 23.0 Å². The Morgan fingerprint density at radius 2 is 1.96 bits per heavy atom. The predicted octanol–water partition coefficient (Wildman–Crippen LogP) is 4.69. The molecule has 4 nitrogen and oxygen atoms in total. The van der Waals surface area contributed by atoms with Crippen LogP contribution in [0, 0.1) is 0 Å². The van der Waals surface area contributed by atoms with Crippen LogP contribution in [0.2, 0.25) is 0 Å². The van der Waals surface area contributed by atoms with Crippen molar-refractivity contribution < 1.29 is 18.9 Å². The average molecular weight is 324 g/mol. The third kappa shape index (κ3) is 2.30. The molecule has 4 rings (SSSR count). The van der Waals surface area contributed by atoms with Gasteiger partial charge in [-0.15, -0.1) is 0 Å². The van der Waals surface area contributed by atoms with Gasteiger partial charge in [0.05, 0.1) is 7.11 Å². The highest BCUT2D eigenvalue weighted by atomic mass is 16.7. The van der Waals surface area contributed by atoms with Crippen molar-refractivity contribution in [2.24, 2.45) is 0 Å². The van der Waals surface area contributed by atoms with Crippen LogP contribution >= 0.6 is 0 Å². The molecule has 2 aliphatic rings. The molecular formula is C20H20O4. The standard InChI is InChI=1S/C20H20O4/c1-4-5-13-8-15-12(2)19(24-20(15)18(9-13)21-3)14-6-7-16-17(10-14)23-11-22-16/h4-10,12,19H,11H2,1-3H3/b5-4+/t12-,19?/m0/s1. The molecule has 0 amide bonds. The lowest BCUT2D eigenvalue weighted by atomic mass is 9.91. The lowest BCUT2D eigenvalue weighted by Gasteiger charge is -2.16. The van der Waals surface area contributed by atoms with Gasteiger partial charge >= 0.3 is 0 Å². The molecule has 124 valence electrons. The van der Waals surface area contributed by atoms with Crippen LogP contribution in [0.5, 0.6) is 23.0 Å². The Hall–Kier alpha value is -2.62. The summed E-state index contributed by atoms with van der Waals surface area (Å²) in [4.78, 5) is 0. The van der Waals surface area contributed by atoms with Crippen molar-refractivity contribution in [3.63, 3.8) is 0 Å². The van der Waals surface area contributed by atoms with Gasteiger partial charge in [0.25, 0.3) is 0 Å². The number of benzene rings is 2. The maximum absolute atomic E-state index is 6.27. The van der Waals surface area contributed by atoms with Crippen LogP contribution in [0.25, 0.3) is 6.08 Å². The molecule has 0 radical (unpaired) electrons. The highest BCUT2D eigenvalue weighted by Crippen LogP contribution is 2.51. The molecule has 2 aromatic rings. The molecule has 0 bridgehead atoms. The topological polar surface area (TPSA) is 36.9 Å². The number of fused-ring (bicyclic) bond motifs is 2. The van der Waals surface area contributed by atoms with Crippen LogP contribution in [0.1, 0.15) is 42.6 Å². The molecule has 1 unspecified atom stereocenters. The second-order valence-corrected chi connectivity index (χ2v) is 6.08. The zero-order chi connectivity index (χ0) is 16.7. The van der Waals surface area contributed by atoms with Crippen LogP contribution < -0.4 is 18.9 Å². The minimum Gasteiger partial charge on any atom is -0.493 e. The average Bonchev–Trinajstić information content (AvgIpc) is 3.19. The fourth-order valence-corrected chi connectivity index (χ4v) is 3.39. The molecule has 0 N–H and O–H groups in total. The number of rotatable bonds is 3. The fraction of sp³-hybridized carbons (Fsp3) is 0.300. The highest BCUT2D eigenvalue weighted by molar-refractivity contribution is 5.62. The molecule has 2 aliphatic heterocycles. The summed E-state index contributed by atoms with van der Waals surface area (Å²) in [5.41, 5.74) is 3.37. The smallest absolute Gasteiger partial charge is 0.231 e. The SMILES string of the molecule is C/C=C/c1cc(OC)c2c(c1)[C@H](C)C(c1ccc3c(c1)OCO3)O2. The molecule has 0 spiro atoms. The summed E-state index contributed by atoms with van der Waals surface area (Å²) in [5, 5.41) is 0. The van der Waals surface area contributed by atoms with Crippen molar-refractivity contribution in [2.75, 3.05) is 13.9 Å². The number of hydrogen-bond acceptors (Lipinski definition) is 4. The van der Waals surface area contributed by atoms with Gasteiger partial charge in [0.1, 0.15) is 6.10 Å². The Bertz CT molecular complexity index is 810. The maximum atomic E-state index is 6.27. The van der Waals surface area contributed by atoms with E-state index in [0.717, 1.165) is 34.1 Å². The Morgan fingerprint density at radius 3 is 2.75 bits per heavy atom. The number of methoxy groups -OCH3 is 1. The summed E-state index contributed by atoms with van der Waals surface area (Å²) in [5.74, 6) is 3.40. The number of allylic oxidation sites excluding steroid dienone is 1. The van der Waals surface area contributed by atoms with E-state index in [0.29, 0.717) is 0 Å². The third-order valence-electron chi connectivity index (χ3n) is 4.60. The van der Waals surface area contributed by atoms with Crippen molar-refractivity contribution in [1.29, 1.82) is 0 Å². The first-order chi connectivity index (χ1) is 11.7. The summed E-state index contributed by atoms with van der Waals surface area (Å²) < 4.78 is 22.7. The molecule has 24 heavy (non-hydrogen) atoms. The van der Waals surface area contributed by atoms with E-state index in [4.69, 9.17) is 18.9 Å². The van der Waals surface area contributed by atoms with Gasteiger partial charge in [0, 0.05) is 11.5 Å². The zero-order valence-corrected chi connectivity index (χ0v) is 14.0.